The summed E-state index contributed by atoms with van der Waals surface area (Å²) < 4.78 is 1.39. The lowest BCUT2D eigenvalue weighted by molar-refractivity contribution is 0.102. The van der Waals surface area contributed by atoms with Gasteiger partial charge in [-0.05, 0) is 43.5 Å². The summed E-state index contributed by atoms with van der Waals surface area (Å²) in [5.74, 6) is 0.0888. The molecule has 0 fully saturated rings. The molecule has 3 aromatic heterocycles. The van der Waals surface area contributed by atoms with Crippen LogP contribution in [-0.2, 0) is 0 Å². The van der Waals surface area contributed by atoms with Gasteiger partial charge in [-0.2, -0.15) is 9.78 Å². The molecule has 0 bridgehead atoms. The third-order valence-corrected chi connectivity index (χ3v) is 5.92. The van der Waals surface area contributed by atoms with Gasteiger partial charge in [-0.3, -0.25) is 14.6 Å². The first-order valence-corrected chi connectivity index (χ1v) is 10.5. The number of aryl methyl sites for hydroxylation is 1. The van der Waals surface area contributed by atoms with Crippen molar-refractivity contribution in [2.75, 3.05) is 5.32 Å². The number of hydrogen-bond acceptors (Lipinski definition) is 5. The van der Waals surface area contributed by atoms with E-state index in [2.05, 4.69) is 20.4 Å². The van der Waals surface area contributed by atoms with E-state index in [1.807, 2.05) is 17.5 Å². The SMILES string of the molecule is Cc1nc(-n2nc(-c3cccs3)cc2NC(=O)c2ccc(Cl)cc2Cl)[nH]c(=O)c1C. The number of nitrogens with zero attached hydrogens (tertiary/aromatic N) is 3. The Morgan fingerprint density at radius 3 is 2.67 bits per heavy atom. The van der Waals surface area contributed by atoms with Crippen molar-refractivity contribution in [3.8, 4) is 16.5 Å². The van der Waals surface area contributed by atoms with E-state index in [-0.39, 0.29) is 22.1 Å². The van der Waals surface area contributed by atoms with E-state index >= 15 is 0 Å². The van der Waals surface area contributed by atoms with Gasteiger partial charge in [0.15, 0.2) is 0 Å². The highest BCUT2D eigenvalue weighted by Crippen LogP contribution is 2.28. The number of H-pyrrole nitrogens is 1. The predicted octanol–water partition coefficient (Wildman–Crippen LogP) is 4.86. The number of thiophene rings is 1. The number of aromatic nitrogens is 4. The number of benzene rings is 1. The molecule has 0 radical (unpaired) electrons. The number of halogens is 2. The first kappa shape index (κ1) is 20.3. The van der Waals surface area contributed by atoms with Crippen LogP contribution in [0.1, 0.15) is 21.6 Å². The van der Waals surface area contributed by atoms with Gasteiger partial charge in [0.05, 0.1) is 15.5 Å². The molecule has 0 saturated heterocycles. The first-order valence-electron chi connectivity index (χ1n) is 8.81. The van der Waals surface area contributed by atoms with Crippen LogP contribution in [0.25, 0.3) is 16.5 Å². The van der Waals surface area contributed by atoms with Crippen LogP contribution in [-0.4, -0.2) is 25.7 Å². The molecule has 7 nitrogen and oxygen atoms in total. The van der Waals surface area contributed by atoms with Gasteiger partial charge >= 0.3 is 0 Å². The summed E-state index contributed by atoms with van der Waals surface area (Å²) in [5.41, 5.74) is 1.70. The first-order chi connectivity index (χ1) is 14.3. The molecule has 3 heterocycles. The number of carbonyl (C=O) groups is 1. The molecule has 0 unspecified atom stereocenters. The van der Waals surface area contributed by atoms with Crippen LogP contribution in [0.4, 0.5) is 5.82 Å². The Balaban J connectivity index is 1.80. The molecular weight excluding hydrogens is 445 g/mol. The molecule has 0 aliphatic heterocycles. The van der Waals surface area contributed by atoms with Crippen LogP contribution in [0.5, 0.6) is 0 Å². The summed E-state index contributed by atoms with van der Waals surface area (Å²) in [6, 6.07) is 10.1. The van der Waals surface area contributed by atoms with Crippen molar-refractivity contribution < 1.29 is 4.79 Å². The van der Waals surface area contributed by atoms with E-state index in [1.165, 1.54) is 28.2 Å². The van der Waals surface area contributed by atoms with Gasteiger partial charge < -0.3 is 5.32 Å². The fraction of sp³-hybridized carbons (Fsp3) is 0.100. The maximum atomic E-state index is 12.8. The topological polar surface area (TPSA) is 92.7 Å². The van der Waals surface area contributed by atoms with Crippen molar-refractivity contribution in [3.05, 3.63) is 79.0 Å². The highest BCUT2D eigenvalue weighted by Gasteiger charge is 2.19. The van der Waals surface area contributed by atoms with E-state index < -0.39 is 5.91 Å². The summed E-state index contributed by atoms with van der Waals surface area (Å²) >= 11 is 13.6. The van der Waals surface area contributed by atoms with Gasteiger partial charge in [-0.25, -0.2) is 4.98 Å². The minimum absolute atomic E-state index is 0.198. The van der Waals surface area contributed by atoms with Gasteiger partial charge in [-0.15, -0.1) is 11.3 Å². The Morgan fingerprint density at radius 2 is 2.00 bits per heavy atom. The van der Waals surface area contributed by atoms with Crippen molar-refractivity contribution in [2.24, 2.45) is 0 Å². The number of rotatable bonds is 4. The molecule has 0 spiro atoms. The summed E-state index contributed by atoms with van der Waals surface area (Å²) in [6.07, 6.45) is 0. The van der Waals surface area contributed by atoms with E-state index in [0.29, 0.717) is 27.8 Å². The zero-order chi connectivity index (χ0) is 21.4. The zero-order valence-corrected chi connectivity index (χ0v) is 18.2. The summed E-state index contributed by atoms with van der Waals surface area (Å²) in [7, 11) is 0. The Bertz CT molecular complexity index is 1310. The molecule has 152 valence electrons. The second-order valence-electron chi connectivity index (χ2n) is 6.48. The molecule has 0 saturated carbocycles. The molecule has 30 heavy (non-hydrogen) atoms. The Hall–Kier alpha value is -2.94. The van der Waals surface area contributed by atoms with Gasteiger partial charge in [0.1, 0.15) is 11.5 Å². The number of anilines is 1. The summed E-state index contributed by atoms with van der Waals surface area (Å²) in [4.78, 5) is 33.1. The van der Waals surface area contributed by atoms with E-state index in [4.69, 9.17) is 23.2 Å². The summed E-state index contributed by atoms with van der Waals surface area (Å²) in [6.45, 7) is 3.43. The van der Waals surface area contributed by atoms with Crippen LogP contribution in [0.2, 0.25) is 10.0 Å². The van der Waals surface area contributed by atoms with Crippen molar-refractivity contribution in [1.29, 1.82) is 0 Å². The lowest BCUT2D eigenvalue weighted by atomic mass is 10.2. The quantitative estimate of drug-likeness (QED) is 0.455. The average Bonchev–Trinajstić information content (AvgIpc) is 3.35. The Kier molecular flexibility index (Phi) is 5.46. The number of carbonyl (C=O) groups excluding carboxylic acids is 1. The van der Waals surface area contributed by atoms with E-state index in [0.717, 1.165) is 4.88 Å². The van der Waals surface area contributed by atoms with E-state index in [1.54, 1.807) is 26.0 Å². The average molecular weight is 460 g/mol. The van der Waals surface area contributed by atoms with Crippen LogP contribution >= 0.6 is 34.5 Å². The monoisotopic (exact) mass is 459 g/mol. The van der Waals surface area contributed by atoms with Crippen molar-refractivity contribution in [2.45, 2.75) is 13.8 Å². The second-order valence-corrected chi connectivity index (χ2v) is 8.27. The van der Waals surface area contributed by atoms with Crippen molar-refractivity contribution in [3.63, 3.8) is 0 Å². The molecule has 1 aromatic carbocycles. The number of hydrogen-bond donors (Lipinski definition) is 2. The maximum Gasteiger partial charge on any atom is 0.258 e. The smallest absolute Gasteiger partial charge is 0.258 e. The minimum atomic E-state index is -0.443. The summed E-state index contributed by atoms with van der Waals surface area (Å²) in [5, 5.41) is 9.92. The van der Waals surface area contributed by atoms with E-state index in [9.17, 15) is 9.59 Å². The van der Waals surface area contributed by atoms with Gasteiger partial charge in [0.25, 0.3) is 11.5 Å². The maximum absolute atomic E-state index is 12.8. The third kappa shape index (κ3) is 3.89. The second kappa shape index (κ2) is 8.06. The third-order valence-electron chi connectivity index (χ3n) is 4.48. The number of nitrogens with one attached hydrogen (secondary N) is 2. The molecule has 4 aromatic rings. The number of aromatic amines is 1. The lowest BCUT2D eigenvalue weighted by Crippen LogP contribution is -2.21. The largest absolute Gasteiger partial charge is 0.306 e. The molecule has 2 N–H and O–H groups in total. The van der Waals surface area contributed by atoms with Gasteiger partial charge in [0.2, 0.25) is 5.95 Å². The molecule has 10 heteroatoms. The van der Waals surface area contributed by atoms with Crippen LogP contribution in [0.3, 0.4) is 0 Å². The van der Waals surface area contributed by atoms with Gasteiger partial charge in [0, 0.05) is 22.3 Å². The van der Waals surface area contributed by atoms with Crippen LogP contribution < -0.4 is 10.9 Å². The van der Waals surface area contributed by atoms with Crippen molar-refractivity contribution >= 4 is 46.3 Å². The Labute approximate surface area is 185 Å². The highest BCUT2D eigenvalue weighted by atomic mass is 35.5. The molecule has 0 atom stereocenters. The standard InChI is InChI=1S/C20H15Cl2N5O2S/c1-10-11(2)23-20(25-18(10)28)27-17(9-15(26-27)16-4-3-7-30-16)24-19(29)13-6-5-12(21)8-14(13)22/h3-9H,1-2H3,(H,24,29)(H,23,25,28). The zero-order valence-electron chi connectivity index (χ0n) is 15.9. The fourth-order valence-corrected chi connectivity index (χ4v) is 3.94. The van der Waals surface area contributed by atoms with Gasteiger partial charge in [-0.1, -0.05) is 29.3 Å². The highest BCUT2D eigenvalue weighted by molar-refractivity contribution is 7.13. The predicted molar refractivity (Wildman–Crippen MR) is 119 cm³/mol. The Morgan fingerprint density at radius 1 is 1.20 bits per heavy atom. The number of amides is 1. The van der Waals surface area contributed by atoms with Crippen molar-refractivity contribution in [1.82, 2.24) is 19.7 Å². The molecule has 1 amide bonds. The molecular formula is C20H15Cl2N5O2S. The van der Waals surface area contributed by atoms with Crippen LogP contribution in [0.15, 0.2) is 46.6 Å². The lowest BCUT2D eigenvalue weighted by Gasteiger charge is -2.10. The molecule has 4 rings (SSSR count). The molecule has 0 aliphatic carbocycles. The normalized spacial score (nSPS) is 10.9. The minimum Gasteiger partial charge on any atom is -0.306 e. The van der Waals surface area contributed by atoms with Crippen LogP contribution in [0, 0.1) is 13.8 Å². The molecule has 0 aliphatic rings. The fourth-order valence-electron chi connectivity index (χ4n) is 2.76.